The average molecular weight is 223 g/mol. The molecule has 2 rings (SSSR count). The largest absolute Gasteiger partial charge is 0.311 e. The van der Waals surface area contributed by atoms with Gasteiger partial charge in [-0.05, 0) is 37.5 Å². The number of hydrogen-bond donors (Lipinski definition) is 1. The van der Waals surface area contributed by atoms with Crippen molar-refractivity contribution in [3.8, 4) is 0 Å². The summed E-state index contributed by atoms with van der Waals surface area (Å²) >= 11 is 0. The van der Waals surface area contributed by atoms with E-state index in [9.17, 15) is 0 Å². The highest BCUT2D eigenvalue weighted by Gasteiger charge is 2.29. The van der Waals surface area contributed by atoms with E-state index in [2.05, 4.69) is 19.2 Å². The normalized spacial score (nSPS) is 38.2. The van der Waals surface area contributed by atoms with E-state index < -0.39 is 0 Å². The Hall–Kier alpha value is -0.0400. The number of hydrogen-bond acceptors (Lipinski definition) is 1. The molecule has 16 heavy (non-hydrogen) atoms. The van der Waals surface area contributed by atoms with Crippen LogP contribution in [-0.2, 0) is 0 Å². The summed E-state index contributed by atoms with van der Waals surface area (Å²) in [5, 5.41) is 4.00. The second-order valence-electron chi connectivity index (χ2n) is 6.27. The van der Waals surface area contributed by atoms with Gasteiger partial charge >= 0.3 is 0 Å². The van der Waals surface area contributed by atoms with Crippen molar-refractivity contribution in [1.82, 2.24) is 5.32 Å². The van der Waals surface area contributed by atoms with Crippen LogP contribution in [0.1, 0.15) is 71.6 Å². The lowest BCUT2D eigenvalue weighted by Gasteiger charge is -2.38. The van der Waals surface area contributed by atoms with Gasteiger partial charge in [0.05, 0.1) is 0 Å². The van der Waals surface area contributed by atoms with Gasteiger partial charge in [0.1, 0.15) is 0 Å². The highest BCUT2D eigenvalue weighted by molar-refractivity contribution is 4.86. The number of rotatable bonds is 2. The van der Waals surface area contributed by atoms with E-state index in [1.165, 1.54) is 57.8 Å². The minimum absolute atomic E-state index is 0.803. The molecule has 0 saturated heterocycles. The molecule has 0 bridgehead atoms. The molecule has 2 saturated carbocycles. The molecule has 1 nitrogen and oxygen atoms in total. The van der Waals surface area contributed by atoms with Gasteiger partial charge in [0, 0.05) is 12.1 Å². The van der Waals surface area contributed by atoms with E-state index in [-0.39, 0.29) is 0 Å². The fourth-order valence-electron chi connectivity index (χ4n) is 3.73. The fraction of sp³-hybridized carbons (Fsp3) is 1.00. The lowest BCUT2D eigenvalue weighted by atomic mass is 9.78. The van der Waals surface area contributed by atoms with Crippen LogP contribution in [0.25, 0.3) is 0 Å². The van der Waals surface area contributed by atoms with E-state index in [0.29, 0.717) is 0 Å². The summed E-state index contributed by atoms with van der Waals surface area (Å²) in [7, 11) is 0. The van der Waals surface area contributed by atoms with Crippen LogP contribution in [0.3, 0.4) is 0 Å². The lowest BCUT2D eigenvalue weighted by Crippen LogP contribution is -2.47. The van der Waals surface area contributed by atoms with Crippen LogP contribution in [0.15, 0.2) is 0 Å². The van der Waals surface area contributed by atoms with Gasteiger partial charge in [-0.1, -0.05) is 46.0 Å². The third-order valence-corrected chi connectivity index (χ3v) is 4.83. The maximum absolute atomic E-state index is 4.00. The Morgan fingerprint density at radius 2 is 1.25 bits per heavy atom. The van der Waals surface area contributed by atoms with E-state index in [1.54, 1.807) is 0 Å². The van der Waals surface area contributed by atoms with Gasteiger partial charge in [0.15, 0.2) is 0 Å². The first kappa shape index (κ1) is 12.4. The van der Waals surface area contributed by atoms with Crippen LogP contribution in [0.2, 0.25) is 0 Å². The number of nitrogens with one attached hydrogen (secondary N) is 1. The molecule has 94 valence electrons. The molecule has 2 aliphatic carbocycles. The topological polar surface area (TPSA) is 12.0 Å². The molecule has 1 heteroatoms. The minimum Gasteiger partial charge on any atom is -0.311 e. The second-order valence-corrected chi connectivity index (χ2v) is 6.27. The monoisotopic (exact) mass is 223 g/mol. The minimum atomic E-state index is 0.803. The Balaban J connectivity index is 1.85. The molecule has 0 amide bonds. The lowest BCUT2D eigenvalue weighted by molar-refractivity contribution is 0.187. The molecule has 0 aromatic rings. The molecule has 2 aliphatic rings. The maximum atomic E-state index is 4.00. The average Bonchev–Trinajstić information content (AvgIpc) is 2.52. The second kappa shape index (κ2) is 6.05. The SMILES string of the molecule is CC1CCCC(C)C1NC1CCCCCC1. The summed E-state index contributed by atoms with van der Waals surface area (Å²) < 4.78 is 0. The summed E-state index contributed by atoms with van der Waals surface area (Å²) in [5.41, 5.74) is 0. The van der Waals surface area contributed by atoms with Gasteiger partial charge in [-0.2, -0.15) is 0 Å². The molecule has 0 aromatic carbocycles. The van der Waals surface area contributed by atoms with E-state index in [0.717, 1.165) is 23.9 Å². The molecular weight excluding hydrogens is 194 g/mol. The Morgan fingerprint density at radius 1 is 0.688 bits per heavy atom. The van der Waals surface area contributed by atoms with Crippen LogP contribution in [-0.4, -0.2) is 12.1 Å². The van der Waals surface area contributed by atoms with E-state index in [1.807, 2.05) is 0 Å². The van der Waals surface area contributed by atoms with Gasteiger partial charge in [0.2, 0.25) is 0 Å². The first-order chi connectivity index (χ1) is 7.77. The molecule has 2 unspecified atom stereocenters. The summed E-state index contributed by atoms with van der Waals surface area (Å²) in [6, 6.07) is 1.63. The molecule has 0 aromatic heterocycles. The molecule has 0 radical (unpaired) electrons. The molecule has 0 heterocycles. The summed E-state index contributed by atoms with van der Waals surface area (Å²) in [6.07, 6.45) is 13.0. The molecule has 2 atom stereocenters. The zero-order valence-corrected chi connectivity index (χ0v) is 11.2. The molecule has 0 aliphatic heterocycles. The van der Waals surface area contributed by atoms with Gasteiger partial charge in [0.25, 0.3) is 0 Å². The van der Waals surface area contributed by atoms with Crippen molar-refractivity contribution < 1.29 is 0 Å². The van der Waals surface area contributed by atoms with Gasteiger partial charge in [-0.3, -0.25) is 0 Å². The van der Waals surface area contributed by atoms with Crippen molar-refractivity contribution >= 4 is 0 Å². The van der Waals surface area contributed by atoms with Crippen molar-refractivity contribution in [1.29, 1.82) is 0 Å². The Labute approximate surface area is 101 Å². The zero-order chi connectivity index (χ0) is 11.4. The third-order valence-electron chi connectivity index (χ3n) is 4.83. The van der Waals surface area contributed by atoms with Gasteiger partial charge < -0.3 is 5.32 Å². The summed E-state index contributed by atoms with van der Waals surface area (Å²) in [5.74, 6) is 1.79. The molecular formula is C15H29N. The Bertz CT molecular complexity index is 184. The van der Waals surface area contributed by atoms with Crippen LogP contribution < -0.4 is 5.32 Å². The van der Waals surface area contributed by atoms with Crippen molar-refractivity contribution in [2.45, 2.75) is 83.7 Å². The first-order valence-electron chi connectivity index (χ1n) is 7.53. The maximum Gasteiger partial charge on any atom is 0.0121 e. The molecule has 2 fully saturated rings. The smallest absolute Gasteiger partial charge is 0.0121 e. The van der Waals surface area contributed by atoms with Crippen LogP contribution in [0, 0.1) is 11.8 Å². The van der Waals surface area contributed by atoms with Crippen molar-refractivity contribution in [2.24, 2.45) is 11.8 Å². The first-order valence-corrected chi connectivity index (χ1v) is 7.53. The van der Waals surface area contributed by atoms with Crippen molar-refractivity contribution in [2.75, 3.05) is 0 Å². The molecule has 0 spiro atoms. The van der Waals surface area contributed by atoms with Crippen LogP contribution in [0.4, 0.5) is 0 Å². The standard InChI is InChI=1S/C15H29N/c1-12-8-7-9-13(2)15(12)16-14-10-5-3-4-6-11-14/h12-16H,3-11H2,1-2H3. The molecule has 1 N–H and O–H groups in total. The van der Waals surface area contributed by atoms with E-state index in [4.69, 9.17) is 0 Å². The zero-order valence-electron chi connectivity index (χ0n) is 11.2. The van der Waals surface area contributed by atoms with Crippen LogP contribution >= 0.6 is 0 Å². The predicted molar refractivity (Wildman–Crippen MR) is 70.6 cm³/mol. The quantitative estimate of drug-likeness (QED) is 0.694. The third kappa shape index (κ3) is 3.23. The Morgan fingerprint density at radius 3 is 1.81 bits per heavy atom. The fourth-order valence-corrected chi connectivity index (χ4v) is 3.73. The van der Waals surface area contributed by atoms with Gasteiger partial charge in [-0.25, -0.2) is 0 Å². The van der Waals surface area contributed by atoms with Crippen molar-refractivity contribution in [3.05, 3.63) is 0 Å². The van der Waals surface area contributed by atoms with Crippen molar-refractivity contribution in [3.63, 3.8) is 0 Å². The van der Waals surface area contributed by atoms with Crippen LogP contribution in [0.5, 0.6) is 0 Å². The van der Waals surface area contributed by atoms with E-state index >= 15 is 0 Å². The summed E-state index contributed by atoms with van der Waals surface area (Å²) in [6.45, 7) is 4.90. The predicted octanol–water partition coefficient (Wildman–Crippen LogP) is 4.12. The highest BCUT2D eigenvalue weighted by Crippen LogP contribution is 2.30. The van der Waals surface area contributed by atoms with Gasteiger partial charge in [-0.15, -0.1) is 0 Å². The Kier molecular flexibility index (Phi) is 4.69. The highest BCUT2D eigenvalue weighted by atomic mass is 15.0. The summed E-state index contributed by atoms with van der Waals surface area (Å²) in [4.78, 5) is 0.